The molecule has 3 N–H and O–H groups in total. The van der Waals surface area contributed by atoms with Gasteiger partial charge in [0.25, 0.3) is 0 Å². The van der Waals surface area contributed by atoms with Crippen LogP contribution in [0.4, 0.5) is 13.2 Å². The minimum absolute atomic E-state index is 0.0505. The third-order valence-corrected chi connectivity index (χ3v) is 3.12. The van der Waals surface area contributed by atoms with Crippen LogP contribution >= 0.6 is 0 Å². The second-order valence-corrected chi connectivity index (χ2v) is 4.38. The molecule has 0 radical (unpaired) electrons. The quantitative estimate of drug-likeness (QED) is 0.720. The highest BCUT2D eigenvalue weighted by atomic mass is 19.4. The van der Waals surface area contributed by atoms with Gasteiger partial charge in [-0.15, -0.1) is 0 Å². The lowest BCUT2D eigenvalue weighted by Crippen LogP contribution is -2.52. The van der Waals surface area contributed by atoms with Crippen LogP contribution in [0.5, 0.6) is 0 Å². The molecule has 0 aromatic rings. The van der Waals surface area contributed by atoms with Gasteiger partial charge >= 0.3 is 6.18 Å². The third kappa shape index (κ3) is 1.89. The van der Waals surface area contributed by atoms with E-state index in [9.17, 15) is 18.0 Å². The molecule has 1 amide bonds. The summed E-state index contributed by atoms with van der Waals surface area (Å²) in [5, 5.41) is 2.06. The predicted molar refractivity (Wildman–Crippen MR) is 48.4 cm³/mol. The van der Waals surface area contributed by atoms with Crippen LogP contribution in [0, 0.1) is 5.92 Å². The lowest BCUT2D eigenvalue weighted by Gasteiger charge is -2.23. The molecule has 0 bridgehead atoms. The molecule has 0 aromatic heterocycles. The maximum absolute atomic E-state index is 12.6. The zero-order valence-corrected chi connectivity index (χ0v) is 8.51. The van der Waals surface area contributed by atoms with Gasteiger partial charge in [0.1, 0.15) is 5.54 Å². The molecule has 0 aromatic carbocycles. The molecule has 2 rings (SSSR count). The van der Waals surface area contributed by atoms with Crippen molar-refractivity contribution in [2.75, 3.05) is 13.2 Å². The molecule has 7 heteroatoms. The first-order chi connectivity index (χ1) is 7.36. The first kappa shape index (κ1) is 11.7. The van der Waals surface area contributed by atoms with Crippen molar-refractivity contribution in [3.8, 4) is 0 Å². The van der Waals surface area contributed by atoms with E-state index in [1.807, 2.05) is 0 Å². The molecule has 92 valence electrons. The molecule has 0 spiro atoms. The molecule has 2 unspecified atom stereocenters. The fourth-order valence-electron chi connectivity index (χ4n) is 1.77. The molecule has 1 saturated heterocycles. The summed E-state index contributed by atoms with van der Waals surface area (Å²) in [6.07, 6.45) is -4.48. The van der Waals surface area contributed by atoms with Gasteiger partial charge in [-0.3, -0.25) is 4.79 Å². The summed E-state index contributed by atoms with van der Waals surface area (Å²) in [5.74, 6) is -1.32. The van der Waals surface area contributed by atoms with Gasteiger partial charge < -0.3 is 15.8 Å². The van der Waals surface area contributed by atoms with Crippen LogP contribution in [0.1, 0.15) is 12.8 Å². The van der Waals surface area contributed by atoms with E-state index < -0.39 is 29.6 Å². The van der Waals surface area contributed by atoms with Gasteiger partial charge in [-0.2, -0.15) is 13.2 Å². The number of hydrogen-bond acceptors (Lipinski definition) is 3. The van der Waals surface area contributed by atoms with Gasteiger partial charge in [0.2, 0.25) is 5.91 Å². The Hall–Kier alpha value is -0.820. The Morgan fingerprint density at radius 2 is 2.00 bits per heavy atom. The fraction of sp³-hybridized carbons (Fsp3) is 0.889. The summed E-state index contributed by atoms with van der Waals surface area (Å²) in [7, 11) is 0. The van der Waals surface area contributed by atoms with Gasteiger partial charge in [0, 0.05) is 6.04 Å². The second-order valence-electron chi connectivity index (χ2n) is 4.38. The summed E-state index contributed by atoms with van der Waals surface area (Å²) in [6, 6.07) is -0.510. The van der Waals surface area contributed by atoms with E-state index in [-0.39, 0.29) is 26.1 Å². The summed E-state index contributed by atoms with van der Waals surface area (Å²) in [6.45, 7) is 0.318. The lowest BCUT2D eigenvalue weighted by atomic mass is 10.0. The number of carbonyl (C=O) groups is 1. The number of ether oxygens (including phenoxy) is 1. The molecule has 1 aliphatic heterocycles. The van der Waals surface area contributed by atoms with Crippen LogP contribution in [0.3, 0.4) is 0 Å². The van der Waals surface area contributed by atoms with E-state index in [1.165, 1.54) is 0 Å². The van der Waals surface area contributed by atoms with Crippen LogP contribution in [0.2, 0.25) is 0 Å². The molecule has 2 atom stereocenters. The second kappa shape index (κ2) is 3.59. The maximum atomic E-state index is 12.6. The van der Waals surface area contributed by atoms with Gasteiger partial charge in [-0.25, -0.2) is 0 Å². The Morgan fingerprint density at radius 3 is 2.38 bits per heavy atom. The minimum atomic E-state index is -4.38. The largest absolute Gasteiger partial charge is 0.411 e. The molecular formula is C9H13F3N2O2. The molecule has 4 nitrogen and oxygen atoms in total. The van der Waals surface area contributed by atoms with E-state index >= 15 is 0 Å². The van der Waals surface area contributed by atoms with E-state index in [4.69, 9.17) is 10.5 Å². The number of hydrogen-bond donors (Lipinski definition) is 2. The van der Waals surface area contributed by atoms with Crippen molar-refractivity contribution in [3.63, 3.8) is 0 Å². The fourth-order valence-corrected chi connectivity index (χ4v) is 1.77. The number of amides is 1. The summed E-state index contributed by atoms with van der Waals surface area (Å²) < 4.78 is 42.6. The van der Waals surface area contributed by atoms with Crippen LogP contribution in [0.25, 0.3) is 0 Å². The Morgan fingerprint density at radius 1 is 1.38 bits per heavy atom. The summed E-state index contributed by atoms with van der Waals surface area (Å²) in [5.41, 5.74) is 3.55. The van der Waals surface area contributed by atoms with Crippen LogP contribution in [-0.4, -0.2) is 36.9 Å². The van der Waals surface area contributed by atoms with E-state index in [0.717, 1.165) is 0 Å². The SMILES string of the molecule is NC1COCC1C(=O)NC1(C(F)(F)F)CC1. The monoisotopic (exact) mass is 238 g/mol. The number of rotatable bonds is 2. The van der Waals surface area contributed by atoms with Gasteiger partial charge in [-0.05, 0) is 12.8 Å². The minimum Gasteiger partial charge on any atom is -0.379 e. The molecule has 1 aliphatic carbocycles. The Labute approximate surface area is 90.3 Å². The smallest absolute Gasteiger partial charge is 0.379 e. The average molecular weight is 238 g/mol. The molecule has 1 heterocycles. The molecule has 16 heavy (non-hydrogen) atoms. The first-order valence-corrected chi connectivity index (χ1v) is 5.08. The molecule has 2 fully saturated rings. The van der Waals surface area contributed by atoms with Crippen molar-refractivity contribution >= 4 is 5.91 Å². The van der Waals surface area contributed by atoms with Gasteiger partial charge in [0.15, 0.2) is 0 Å². The lowest BCUT2D eigenvalue weighted by molar-refractivity contribution is -0.171. The molecular weight excluding hydrogens is 225 g/mol. The highest BCUT2D eigenvalue weighted by Gasteiger charge is 2.64. The van der Waals surface area contributed by atoms with Crippen molar-refractivity contribution in [1.29, 1.82) is 0 Å². The van der Waals surface area contributed by atoms with Gasteiger partial charge in [-0.1, -0.05) is 0 Å². The number of nitrogens with two attached hydrogens (primary N) is 1. The van der Waals surface area contributed by atoms with Crippen molar-refractivity contribution in [1.82, 2.24) is 5.32 Å². The standard InChI is InChI=1S/C9H13F3N2O2/c10-9(11,12)8(1-2-8)14-7(15)5-3-16-4-6(5)13/h5-6H,1-4,13H2,(H,14,15). The molecule has 2 aliphatic rings. The Balaban J connectivity index is 1.98. The van der Waals surface area contributed by atoms with Crippen molar-refractivity contribution < 1.29 is 22.7 Å². The highest BCUT2D eigenvalue weighted by molar-refractivity contribution is 5.81. The van der Waals surface area contributed by atoms with Crippen LogP contribution in [0.15, 0.2) is 0 Å². The van der Waals surface area contributed by atoms with Crippen molar-refractivity contribution in [2.24, 2.45) is 11.7 Å². The predicted octanol–water partition coefficient (Wildman–Crippen LogP) is 0.171. The topological polar surface area (TPSA) is 64.3 Å². The summed E-state index contributed by atoms with van der Waals surface area (Å²) in [4.78, 5) is 11.6. The average Bonchev–Trinajstić information content (AvgIpc) is 2.81. The van der Waals surface area contributed by atoms with Gasteiger partial charge in [0.05, 0.1) is 19.1 Å². The van der Waals surface area contributed by atoms with E-state index in [2.05, 4.69) is 5.32 Å². The first-order valence-electron chi connectivity index (χ1n) is 5.08. The maximum Gasteiger partial charge on any atom is 0.411 e. The van der Waals surface area contributed by atoms with E-state index in [1.54, 1.807) is 0 Å². The number of nitrogens with one attached hydrogen (secondary N) is 1. The summed E-state index contributed by atoms with van der Waals surface area (Å²) >= 11 is 0. The van der Waals surface area contributed by atoms with Crippen molar-refractivity contribution in [3.05, 3.63) is 0 Å². The van der Waals surface area contributed by atoms with Crippen molar-refractivity contribution in [2.45, 2.75) is 30.6 Å². The van der Waals surface area contributed by atoms with Crippen LogP contribution in [-0.2, 0) is 9.53 Å². The normalized spacial score (nSPS) is 32.5. The zero-order chi connectivity index (χ0) is 12.0. The third-order valence-electron chi connectivity index (χ3n) is 3.12. The van der Waals surface area contributed by atoms with E-state index in [0.29, 0.717) is 0 Å². The Kier molecular flexibility index (Phi) is 2.62. The highest BCUT2D eigenvalue weighted by Crippen LogP contribution is 2.49. The number of halogens is 3. The number of alkyl halides is 3. The number of carbonyl (C=O) groups excluding carboxylic acids is 1. The Bertz CT molecular complexity index is 302. The van der Waals surface area contributed by atoms with Crippen LogP contribution < -0.4 is 11.1 Å². The molecule has 1 saturated carbocycles. The zero-order valence-electron chi connectivity index (χ0n) is 8.51.